The van der Waals surface area contributed by atoms with Gasteiger partial charge in [-0.1, -0.05) is 12.8 Å². The lowest BCUT2D eigenvalue weighted by atomic mass is 9.96. The molecule has 0 radical (unpaired) electrons. The fraction of sp³-hybridized carbons (Fsp3) is 0.923. The summed E-state index contributed by atoms with van der Waals surface area (Å²) >= 11 is 0. The second kappa shape index (κ2) is 5.83. The van der Waals surface area contributed by atoms with Crippen LogP contribution in [0, 0.1) is 5.92 Å². The van der Waals surface area contributed by atoms with Crippen molar-refractivity contribution in [1.82, 2.24) is 10.2 Å². The Morgan fingerprint density at radius 1 is 1.35 bits per heavy atom. The summed E-state index contributed by atoms with van der Waals surface area (Å²) in [6, 6.07) is 0.227. The molecule has 2 aliphatic rings. The molecule has 2 N–H and O–H groups in total. The Balaban J connectivity index is 1.92. The summed E-state index contributed by atoms with van der Waals surface area (Å²) in [6.07, 6.45) is 7.92. The van der Waals surface area contributed by atoms with Gasteiger partial charge in [-0.05, 0) is 45.2 Å². The lowest BCUT2D eigenvalue weighted by Gasteiger charge is -2.31. The predicted molar refractivity (Wildman–Crippen MR) is 67.0 cm³/mol. The van der Waals surface area contributed by atoms with E-state index in [1.807, 2.05) is 0 Å². The van der Waals surface area contributed by atoms with Crippen molar-refractivity contribution in [3.63, 3.8) is 0 Å². The third kappa shape index (κ3) is 2.99. The zero-order valence-corrected chi connectivity index (χ0v) is 10.7. The van der Waals surface area contributed by atoms with E-state index in [-0.39, 0.29) is 0 Å². The lowest BCUT2D eigenvalue weighted by Crippen LogP contribution is -2.47. The molecule has 0 bridgehead atoms. The van der Waals surface area contributed by atoms with E-state index in [1.165, 1.54) is 38.5 Å². The molecule has 2 fully saturated rings. The van der Waals surface area contributed by atoms with Crippen LogP contribution in [-0.2, 0) is 4.79 Å². The van der Waals surface area contributed by atoms with Crippen LogP contribution in [0.1, 0.15) is 38.5 Å². The highest BCUT2D eigenvalue weighted by Gasteiger charge is 2.34. The average Bonchev–Trinajstić information content (AvgIpc) is 2.95. The topological polar surface area (TPSA) is 52.6 Å². The van der Waals surface area contributed by atoms with Gasteiger partial charge in [-0.3, -0.25) is 9.69 Å². The summed E-state index contributed by atoms with van der Waals surface area (Å²) < 4.78 is 0. The van der Waals surface area contributed by atoms with Crippen molar-refractivity contribution in [2.45, 2.75) is 50.6 Å². The summed E-state index contributed by atoms with van der Waals surface area (Å²) in [7, 11) is 1.74. The first-order valence-electron chi connectivity index (χ1n) is 6.86. The molecule has 0 spiro atoms. The molecular formula is C13H24N2O2. The first-order valence-corrected chi connectivity index (χ1v) is 6.86. The zero-order chi connectivity index (χ0) is 12.3. The van der Waals surface area contributed by atoms with Crippen molar-refractivity contribution in [3.8, 4) is 0 Å². The first kappa shape index (κ1) is 12.8. The van der Waals surface area contributed by atoms with Gasteiger partial charge in [0, 0.05) is 12.6 Å². The van der Waals surface area contributed by atoms with Crippen LogP contribution in [0.15, 0.2) is 0 Å². The van der Waals surface area contributed by atoms with E-state index in [0.29, 0.717) is 12.6 Å². The van der Waals surface area contributed by atoms with E-state index in [1.54, 1.807) is 7.05 Å². The molecule has 0 amide bonds. The van der Waals surface area contributed by atoms with E-state index in [2.05, 4.69) is 10.2 Å². The average molecular weight is 240 g/mol. The fourth-order valence-electron chi connectivity index (χ4n) is 3.48. The second-order valence-electron chi connectivity index (χ2n) is 5.43. The molecule has 2 atom stereocenters. The van der Waals surface area contributed by atoms with Gasteiger partial charge in [-0.25, -0.2) is 0 Å². The summed E-state index contributed by atoms with van der Waals surface area (Å²) in [5, 5.41) is 12.0. The van der Waals surface area contributed by atoms with Crippen molar-refractivity contribution in [1.29, 1.82) is 0 Å². The van der Waals surface area contributed by atoms with Crippen LogP contribution in [0.3, 0.4) is 0 Å². The van der Waals surface area contributed by atoms with Crippen molar-refractivity contribution in [2.24, 2.45) is 5.92 Å². The molecule has 1 aliphatic heterocycles. The van der Waals surface area contributed by atoms with E-state index in [4.69, 9.17) is 5.11 Å². The van der Waals surface area contributed by atoms with Crippen LogP contribution in [0.4, 0.5) is 0 Å². The van der Waals surface area contributed by atoms with Gasteiger partial charge in [0.25, 0.3) is 0 Å². The molecule has 1 saturated heterocycles. The van der Waals surface area contributed by atoms with E-state index in [9.17, 15) is 4.79 Å². The number of likely N-dealkylation sites (N-methyl/N-ethyl adjacent to an activating group) is 1. The normalized spacial score (nSPS) is 28.6. The summed E-state index contributed by atoms with van der Waals surface area (Å²) in [6.45, 7) is 1.74. The Labute approximate surface area is 103 Å². The number of aliphatic carboxylic acids is 1. The van der Waals surface area contributed by atoms with E-state index >= 15 is 0 Å². The van der Waals surface area contributed by atoms with E-state index < -0.39 is 12.0 Å². The van der Waals surface area contributed by atoms with Crippen LogP contribution in [0.25, 0.3) is 0 Å². The maximum Gasteiger partial charge on any atom is 0.322 e. The van der Waals surface area contributed by atoms with Gasteiger partial charge in [-0.15, -0.1) is 0 Å². The van der Waals surface area contributed by atoms with Gasteiger partial charge < -0.3 is 10.4 Å². The Bertz CT molecular complexity index is 264. The van der Waals surface area contributed by atoms with Gasteiger partial charge in [-0.2, -0.15) is 0 Å². The number of carboxylic acids is 1. The number of rotatable bonds is 5. The van der Waals surface area contributed by atoms with Crippen LogP contribution >= 0.6 is 0 Å². The predicted octanol–water partition coefficient (Wildman–Crippen LogP) is 1.31. The largest absolute Gasteiger partial charge is 0.480 e. The minimum atomic E-state index is -0.732. The standard InChI is InChI=1S/C13H24N2O2/c1-14-11(13(16)17)9-15-8-4-7-12(15)10-5-2-3-6-10/h10-12,14H,2-9H2,1H3,(H,16,17). The fourth-order valence-corrected chi connectivity index (χ4v) is 3.48. The Hall–Kier alpha value is -0.610. The van der Waals surface area contributed by atoms with Crippen LogP contribution in [-0.4, -0.2) is 48.2 Å². The maximum atomic E-state index is 11.1. The number of carbonyl (C=O) groups is 1. The molecule has 0 aromatic heterocycles. The lowest BCUT2D eigenvalue weighted by molar-refractivity contribution is -0.140. The number of nitrogens with zero attached hydrogens (tertiary/aromatic N) is 1. The molecule has 0 aromatic carbocycles. The Morgan fingerprint density at radius 3 is 2.65 bits per heavy atom. The molecule has 2 unspecified atom stereocenters. The summed E-state index contributed by atoms with van der Waals surface area (Å²) in [5.41, 5.74) is 0. The highest BCUT2D eigenvalue weighted by molar-refractivity contribution is 5.73. The van der Waals surface area contributed by atoms with Crippen molar-refractivity contribution < 1.29 is 9.90 Å². The smallest absolute Gasteiger partial charge is 0.322 e. The molecular weight excluding hydrogens is 216 g/mol. The van der Waals surface area contributed by atoms with Gasteiger partial charge in [0.2, 0.25) is 0 Å². The summed E-state index contributed by atoms with van der Waals surface area (Å²) in [5.74, 6) is 0.0911. The highest BCUT2D eigenvalue weighted by atomic mass is 16.4. The quantitative estimate of drug-likeness (QED) is 0.761. The molecule has 1 saturated carbocycles. The number of likely N-dealkylation sites (tertiary alicyclic amines) is 1. The minimum absolute atomic E-state index is 0.419. The maximum absolute atomic E-state index is 11.1. The van der Waals surface area contributed by atoms with Crippen LogP contribution < -0.4 is 5.32 Å². The minimum Gasteiger partial charge on any atom is -0.480 e. The molecule has 2 rings (SSSR count). The van der Waals surface area contributed by atoms with Crippen LogP contribution in [0.5, 0.6) is 0 Å². The van der Waals surface area contributed by atoms with Crippen molar-refractivity contribution in [3.05, 3.63) is 0 Å². The Kier molecular flexibility index (Phi) is 4.40. The van der Waals surface area contributed by atoms with Crippen molar-refractivity contribution in [2.75, 3.05) is 20.1 Å². The first-order chi connectivity index (χ1) is 8.22. The zero-order valence-electron chi connectivity index (χ0n) is 10.7. The third-order valence-corrected chi connectivity index (χ3v) is 4.42. The van der Waals surface area contributed by atoms with Gasteiger partial charge in [0.05, 0.1) is 0 Å². The number of hydrogen-bond donors (Lipinski definition) is 2. The molecule has 0 aromatic rings. The third-order valence-electron chi connectivity index (χ3n) is 4.42. The second-order valence-corrected chi connectivity index (χ2v) is 5.43. The van der Waals surface area contributed by atoms with Crippen molar-refractivity contribution >= 4 is 5.97 Å². The number of nitrogens with one attached hydrogen (secondary N) is 1. The molecule has 4 nitrogen and oxygen atoms in total. The molecule has 4 heteroatoms. The van der Waals surface area contributed by atoms with E-state index in [0.717, 1.165) is 12.5 Å². The molecule has 98 valence electrons. The van der Waals surface area contributed by atoms with Gasteiger partial charge in [0.15, 0.2) is 0 Å². The number of carboxylic acid groups (broad SMARTS) is 1. The van der Waals surface area contributed by atoms with Gasteiger partial charge in [0.1, 0.15) is 6.04 Å². The molecule has 1 aliphatic carbocycles. The van der Waals surface area contributed by atoms with Gasteiger partial charge >= 0.3 is 5.97 Å². The molecule has 17 heavy (non-hydrogen) atoms. The SMILES string of the molecule is CNC(CN1CCCC1C1CCCC1)C(=O)O. The number of hydrogen-bond acceptors (Lipinski definition) is 3. The summed E-state index contributed by atoms with van der Waals surface area (Å²) in [4.78, 5) is 13.5. The molecule has 1 heterocycles. The monoisotopic (exact) mass is 240 g/mol. The van der Waals surface area contributed by atoms with Crippen LogP contribution in [0.2, 0.25) is 0 Å². The Morgan fingerprint density at radius 2 is 2.06 bits per heavy atom. The highest BCUT2D eigenvalue weighted by Crippen LogP contribution is 2.35.